The van der Waals surface area contributed by atoms with Crippen LogP contribution in [0.5, 0.6) is 0 Å². The molecule has 0 fully saturated rings. The Balaban J connectivity index is 0.00000729. The molecule has 0 saturated heterocycles. The summed E-state index contributed by atoms with van der Waals surface area (Å²) in [6.45, 7) is 13.5. The number of halogens is 1. The van der Waals surface area contributed by atoms with E-state index in [1.807, 2.05) is 40.8 Å². The summed E-state index contributed by atoms with van der Waals surface area (Å²) >= 11 is 0. The predicted octanol–water partition coefficient (Wildman–Crippen LogP) is 3.18. The number of ether oxygens (including phenoxy) is 1. The van der Waals surface area contributed by atoms with E-state index >= 15 is 0 Å². The summed E-state index contributed by atoms with van der Waals surface area (Å²) in [5.41, 5.74) is 0.0891. The van der Waals surface area contributed by atoms with E-state index in [2.05, 4.69) is 39.9 Å². The average molecular weight is 508 g/mol. The van der Waals surface area contributed by atoms with Gasteiger partial charge in [0.15, 0.2) is 5.96 Å². The molecule has 0 aliphatic rings. The van der Waals surface area contributed by atoms with Crippen LogP contribution in [0.2, 0.25) is 0 Å². The molecular weight excluding hydrogens is 471 g/mol. The monoisotopic (exact) mass is 508 g/mol. The van der Waals surface area contributed by atoms with Gasteiger partial charge >= 0.3 is 6.09 Å². The third-order valence-corrected chi connectivity index (χ3v) is 4.38. The molecule has 1 amide bonds. The number of nitrogens with one attached hydrogen (secondary N) is 3. The minimum atomic E-state index is -0.524. The van der Waals surface area contributed by atoms with E-state index in [1.54, 1.807) is 10.9 Å². The van der Waals surface area contributed by atoms with Gasteiger partial charge < -0.3 is 20.7 Å². The van der Waals surface area contributed by atoms with Gasteiger partial charge in [-0.2, -0.15) is 5.10 Å². The summed E-state index contributed by atoms with van der Waals surface area (Å²) in [6.07, 6.45) is 2.91. The number of amides is 1. The zero-order valence-corrected chi connectivity index (χ0v) is 20.6. The first kappa shape index (κ1) is 26.5. The maximum atomic E-state index is 12.3. The number of aliphatic imine (C=N–C) groups is 1. The smallest absolute Gasteiger partial charge is 0.408 e. The molecule has 162 valence electrons. The number of hydrogen-bond donors (Lipinski definition) is 3. The highest BCUT2D eigenvalue weighted by Gasteiger charge is 2.30. The summed E-state index contributed by atoms with van der Waals surface area (Å²) < 4.78 is 7.23. The molecule has 0 aromatic carbocycles. The molecule has 1 rings (SSSR count). The Labute approximate surface area is 186 Å². The van der Waals surface area contributed by atoms with Crippen LogP contribution in [-0.4, -0.2) is 46.1 Å². The SMILES string of the molecule is CCNC(=NCc1ccnn1C)NCC(CC)(CC)NC(=O)OC(C)(C)C.I. The van der Waals surface area contributed by atoms with Crippen molar-refractivity contribution in [2.75, 3.05) is 13.1 Å². The zero-order chi connectivity index (χ0) is 20.5. The van der Waals surface area contributed by atoms with Gasteiger partial charge in [-0.25, -0.2) is 9.79 Å². The first-order chi connectivity index (χ1) is 12.6. The topological polar surface area (TPSA) is 92.6 Å². The zero-order valence-electron chi connectivity index (χ0n) is 18.3. The molecule has 1 aromatic rings. The number of hydrogen-bond acceptors (Lipinski definition) is 4. The highest BCUT2D eigenvalue weighted by molar-refractivity contribution is 14.0. The van der Waals surface area contributed by atoms with Crippen molar-refractivity contribution in [1.29, 1.82) is 0 Å². The van der Waals surface area contributed by atoms with Crippen molar-refractivity contribution in [2.45, 2.75) is 72.1 Å². The lowest BCUT2D eigenvalue weighted by Gasteiger charge is -2.34. The van der Waals surface area contributed by atoms with Crippen LogP contribution in [0, 0.1) is 0 Å². The molecule has 1 heterocycles. The fourth-order valence-electron chi connectivity index (χ4n) is 2.55. The Morgan fingerprint density at radius 2 is 1.86 bits per heavy atom. The van der Waals surface area contributed by atoms with Crippen LogP contribution in [0.25, 0.3) is 0 Å². The third kappa shape index (κ3) is 9.11. The molecule has 0 bridgehead atoms. The van der Waals surface area contributed by atoms with Gasteiger partial charge in [-0.1, -0.05) is 13.8 Å². The van der Waals surface area contributed by atoms with E-state index in [-0.39, 0.29) is 24.0 Å². The fraction of sp³-hybridized carbons (Fsp3) is 0.737. The summed E-state index contributed by atoms with van der Waals surface area (Å²) in [7, 11) is 1.90. The van der Waals surface area contributed by atoms with Crippen molar-refractivity contribution >= 4 is 36.0 Å². The van der Waals surface area contributed by atoms with Crippen LogP contribution < -0.4 is 16.0 Å². The Bertz CT molecular complexity index is 620. The molecule has 8 nitrogen and oxygen atoms in total. The number of aromatic nitrogens is 2. The molecule has 9 heteroatoms. The second-order valence-corrected chi connectivity index (χ2v) is 7.61. The molecule has 1 aromatic heterocycles. The molecule has 0 radical (unpaired) electrons. The van der Waals surface area contributed by atoms with Crippen molar-refractivity contribution in [3.8, 4) is 0 Å². The van der Waals surface area contributed by atoms with E-state index in [0.717, 1.165) is 25.1 Å². The van der Waals surface area contributed by atoms with Gasteiger partial charge in [0.25, 0.3) is 0 Å². The maximum Gasteiger partial charge on any atom is 0.408 e. The maximum absolute atomic E-state index is 12.3. The van der Waals surface area contributed by atoms with Crippen molar-refractivity contribution in [3.63, 3.8) is 0 Å². The van der Waals surface area contributed by atoms with Crippen LogP contribution in [0.15, 0.2) is 17.3 Å². The number of nitrogens with zero attached hydrogens (tertiary/aromatic N) is 3. The van der Waals surface area contributed by atoms with Crippen molar-refractivity contribution in [3.05, 3.63) is 18.0 Å². The molecular formula is C19H37IN6O2. The van der Waals surface area contributed by atoms with Crippen LogP contribution in [0.3, 0.4) is 0 Å². The average Bonchev–Trinajstić information content (AvgIpc) is 2.99. The van der Waals surface area contributed by atoms with E-state index in [1.165, 1.54) is 0 Å². The summed E-state index contributed by atoms with van der Waals surface area (Å²) in [5.74, 6) is 0.705. The number of aryl methyl sites for hydroxylation is 1. The van der Waals surface area contributed by atoms with Crippen LogP contribution in [0.1, 0.15) is 60.1 Å². The van der Waals surface area contributed by atoms with Gasteiger partial charge in [0, 0.05) is 26.3 Å². The van der Waals surface area contributed by atoms with Gasteiger partial charge in [0.1, 0.15) is 5.60 Å². The Kier molecular flexibility index (Phi) is 11.5. The number of rotatable bonds is 8. The Hall–Kier alpha value is -1.52. The normalized spacial score (nSPS) is 12.2. The molecule has 0 aliphatic heterocycles. The predicted molar refractivity (Wildman–Crippen MR) is 124 cm³/mol. The van der Waals surface area contributed by atoms with Crippen LogP contribution in [0.4, 0.5) is 4.79 Å². The standard InChI is InChI=1S/C19H36N6O2.HI/c1-8-19(9-2,24-17(26)27-18(4,5)6)14-22-16(20-10-3)21-13-15-11-12-23-25(15)7;/h11-12H,8-10,13-14H2,1-7H3,(H,24,26)(H2,20,21,22);1H. The van der Waals surface area contributed by atoms with E-state index in [9.17, 15) is 4.79 Å². The summed E-state index contributed by atoms with van der Waals surface area (Å²) in [6, 6.07) is 1.94. The van der Waals surface area contributed by atoms with Crippen molar-refractivity contribution in [2.24, 2.45) is 12.0 Å². The molecule has 28 heavy (non-hydrogen) atoms. The molecule has 0 atom stereocenters. The number of guanidine groups is 1. The van der Waals surface area contributed by atoms with E-state index in [0.29, 0.717) is 19.0 Å². The molecule has 0 saturated carbocycles. The largest absolute Gasteiger partial charge is 0.444 e. The van der Waals surface area contributed by atoms with Gasteiger partial charge in [0.2, 0.25) is 0 Å². The lowest BCUT2D eigenvalue weighted by molar-refractivity contribution is 0.0448. The Morgan fingerprint density at radius 3 is 2.32 bits per heavy atom. The van der Waals surface area contributed by atoms with Crippen LogP contribution in [-0.2, 0) is 18.3 Å². The van der Waals surface area contributed by atoms with Crippen molar-refractivity contribution in [1.82, 2.24) is 25.7 Å². The first-order valence-electron chi connectivity index (χ1n) is 9.65. The summed E-state index contributed by atoms with van der Waals surface area (Å²) in [5, 5.41) is 13.8. The number of carbonyl (C=O) groups excluding carboxylic acids is 1. The molecule has 3 N–H and O–H groups in total. The van der Waals surface area contributed by atoms with E-state index < -0.39 is 17.2 Å². The lowest BCUT2D eigenvalue weighted by atomic mass is 9.93. The van der Waals surface area contributed by atoms with Gasteiger partial charge in [-0.05, 0) is 46.6 Å². The van der Waals surface area contributed by atoms with Crippen LogP contribution >= 0.6 is 24.0 Å². The molecule has 0 aliphatic carbocycles. The van der Waals surface area contributed by atoms with Crippen molar-refractivity contribution < 1.29 is 9.53 Å². The Morgan fingerprint density at radius 1 is 1.21 bits per heavy atom. The quantitative estimate of drug-likeness (QED) is 0.285. The highest BCUT2D eigenvalue weighted by atomic mass is 127. The second-order valence-electron chi connectivity index (χ2n) is 7.61. The first-order valence-corrected chi connectivity index (χ1v) is 9.65. The minimum Gasteiger partial charge on any atom is -0.444 e. The highest BCUT2D eigenvalue weighted by Crippen LogP contribution is 2.16. The second kappa shape index (κ2) is 12.1. The lowest BCUT2D eigenvalue weighted by Crippen LogP contribution is -2.57. The fourth-order valence-corrected chi connectivity index (χ4v) is 2.55. The minimum absolute atomic E-state index is 0. The third-order valence-electron chi connectivity index (χ3n) is 4.38. The molecule has 0 spiro atoms. The molecule has 0 unspecified atom stereocenters. The number of alkyl carbamates (subject to hydrolysis) is 1. The van der Waals surface area contributed by atoms with Gasteiger partial charge in [-0.15, -0.1) is 24.0 Å². The number of carbonyl (C=O) groups is 1. The summed E-state index contributed by atoms with van der Waals surface area (Å²) in [4.78, 5) is 16.9. The van der Waals surface area contributed by atoms with Gasteiger partial charge in [-0.3, -0.25) is 4.68 Å². The van der Waals surface area contributed by atoms with E-state index in [4.69, 9.17) is 4.74 Å². The van der Waals surface area contributed by atoms with Gasteiger partial charge in [0.05, 0.1) is 17.8 Å².